The van der Waals surface area contributed by atoms with Gasteiger partial charge in [-0.15, -0.1) is 0 Å². The van der Waals surface area contributed by atoms with Gasteiger partial charge in [-0.05, 0) is 31.3 Å². The summed E-state index contributed by atoms with van der Waals surface area (Å²) in [5.74, 6) is 1.64. The number of hydrogen-bond acceptors (Lipinski definition) is 6. The Hall–Kier alpha value is -3.58. The molecule has 0 aliphatic carbocycles. The lowest BCUT2D eigenvalue weighted by atomic mass is 10.1. The standard InChI is InChI=1S/C25H27N5O2/c1-28-7-8-30(24-11-21(31-3)12-25(32-4)22(24)16-28)20-5-6-23-17(10-20)9-18(13-26-23)19-14-27-29(2)15-19/h5-6,9-15H,7-8,16H2,1-4H3. The Balaban J connectivity index is 1.63. The molecule has 2 aromatic heterocycles. The molecule has 3 heterocycles. The molecule has 0 spiro atoms. The van der Waals surface area contributed by atoms with Crippen LogP contribution in [0.1, 0.15) is 5.56 Å². The number of aromatic nitrogens is 3. The number of methoxy groups -OCH3 is 2. The molecule has 0 unspecified atom stereocenters. The minimum atomic E-state index is 0.788. The fraction of sp³-hybridized carbons (Fsp3) is 0.280. The molecule has 4 aromatic rings. The van der Waals surface area contributed by atoms with Gasteiger partial charge in [0.1, 0.15) is 11.5 Å². The first-order valence-electron chi connectivity index (χ1n) is 10.7. The zero-order valence-electron chi connectivity index (χ0n) is 18.9. The highest BCUT2D eigenvalue weighted by atomic mass is 16.5. The molecule has 32 heavy (non-hydrogen) atoms. The minimum Gasteiger partial charge on any atom is -0.497 e. The van der Waals surface area contributed by atoms with Gasteiger partial charge in [0.05, 0.1) is 31.6 Å². The minimum absolute atomic E-state index is 0.788. The Labute approximate surface area is 187 Å². The van der Waals surface area contributed by atoms with Crippen LogP contribution in [0, 0.1) is 0 Å². The molecule has 0 bridgehead atoms. The molecule has 7 heteroatoms. The number of likely N-dealkylation sites (N-methyl/N-ethyl adjacent to an activating group) is 1. The lowest BCUT2D eigenvalue weighted by Crippen LogP contribution is -2.26. The Morgan fingerprint density at radius 1 is 0.906 bits per heavy atom. The van der Waals surface area contributed by atoms with E-state index in [0.717, 1.165) is 70.1 Å². The molecule has 0 saturated heterocycles. The second-order valence-corrected chi connectivity index (χ2v) is 8.22. The van der Waals surface area contributed by atoms with Crippen LogP contribution in [0.5, 0.6) is 11.5 Å². The molecule has 1 aliphatic heterocycles. The maximum Gasteiger partial charge on any atom is 0.129 e. The second kappa shape index (κ2) is 8.16. The number of hydrogen-bond donors (Lipinski definition) is 0. The molecular weight excluding hydrogens is 402 g/mol. The highest BCUT2D eigenvalue weighted by Gasteiger charge is 2.24. The van der Waals surface area contributed by atoms with Gasteiger partial charge in [-0.1, -0.05) is 0 Å². The molecule has 0 amide bonds. The van der Waals surface area contributed by atoms with E-state index >= 15 is 0 Å². The summed E-state index contributed by atoms with van der Waals surface area (Å²) in [4.78, 5) is 9.34. The first-order chi connectivity index (χ1) is 15.6. The third kappa shape index (κ3) is 3.65. The molecule has 0 N–H and O–H groups in total. The number of pyridine rings is 1. The van der Waals surface area contributed by atoms with Crippen LogP contribution < -0.4 is 14.4 Å². The summed E-state index contributed by atoms with van der Waals surface area (Å²) in [6.07, 6.45) is 5.78. The van der Waals surface area contributed by atoms with Crippen LogP contribution in [0.4, 0.5) is 11.4 Å². The van der Waals surface area contributed by atoms with Gasteiger partial charge >= 0.3 is 0 Å². The number of benzene rings is 2. The molecular formula is C25H27N5O2. The van der Waals surface area contributed by atoms with Gasteiger partial charge in [-0.2, -0.15) is 5.10 Å². The van der Waals surface area contributed by atoms with Crippen molar-refractivity contribution in [2.24, 2.45) is 7.05 Å². The van der Waals surface area contributed by atoms with E-state index in [9.17, 15) is 0 Å². The zero-order chi connectivity index (χ0) is 22.2. The van der Waals surface area contributed by atoms with Gasteiger partial charge in [0, 0.05) is 79.0 Å². The summed E-state index contributed by atoms with van der Waals surface area (Å²) in [5.41, 5.74) is 6.48. The largest absolute Gasteiger partial charge is 0.497 e. The maximum absolute atomic E-state index is 5.73. The Bertz CT molecular complexity index is 1280. The number of fused-ring (bicyclic) bond motifs is 2. The summed E-state index contributed by atoms with van der Waals surface area (Å²) < 4.78 is 13.1. The van der Waals surface area contributed by atoms with Gasteiger partial charge in [0.2, 0.25) is 0 Å². The van der Waals surface area contributed by atoms with Gasteiger partial charge in [-0.3, -0.25) is 9.67 Å². The Morgan fingerprint density at radius 2 is 1.78 bits per heavy atom. The molecule has 164 valence electrons. The fourth-order valence-electron chi connectivity index (χ4n) is 4.33. The third-order valence-corrected chi connectivity index (χ3v) is 6.05. The number of ether oxygens (including phenoxy) is 2. The van der Waals surface area contributed by atoms with Crippen molar-refractivity contribution in [3.05, 3.63) is 60.6 Å². The second-order valence-electron chi connectivity index (χ2n) is 8.22. The predicted molar refractivity (Wildman–Crippen MR) is 127 cm³/mol. The molecule has 0 atom stereocenters. The van der Waals surface area contributed by atoms with E-state index in [1.54, 1.807) is 18.9 Å². The van der Waals surface area contributed by atoms with E-state index in [0.29, 0.717) is 0 Å². The van der Waals surface area contributed by atoms with E-state index in [2.05, 4.69) is 57.3 Å². The molecule has 5 rings (SSSR count). The highest BCUT2D eigenvalue weighted by Crippen LogP contribution is 2.40. The SMILES string of the molecule is COc1cc(OC)c2c(c1)N(c1ccc3ncc(-c4cnn(C)c4)cc3c1)CCN(C)C2. The van der Waals surface area contributed by atoms with Crippen LogP contribution in [0.15, 0.2) is 55.0 Å². The van der Waals surface area contributed by atoms with Crippen molar-refractivity contribution >= 4 is 22.3 Å². The average Bonchev–Trinajstić information content (AvgIpc) is 3.17. The van der Waals surface area contributed by atoms with E-state index in [-0.39, 0.29) is 0 Å². The van der Waals surface area contributed by atoms with Crippen molar-refractivity contribution in [1.82, 2.24) is 19.7 Å². The summed E-state index contributed by atoms with van der Waals surface area (Å²) in [7, 11) is 7.47. The van der Waals surface area contributed by atoms with E-state index in [4.69, 9.17) is 9.47 Å². The van der Waals surface area contributed by atoms with Crippen molar-refractivity contribution in [3.8, 4) is 22.6 Å². The number of rotatable bonds is 4. The van der Waals surface area contributed by atoms with Crippen LogP contribution in [0.3, 0.4) is 0 Å². The Kier molecular flexibility index (Phi) is 5.19. The number of aryl methyl sites for hydroxylation is 1. The van der Waals surface area contributed by atoms with Gasteiger partial charge in [0.25, 0.3) is 0 Å². The van der Waals surface area contributed by atoms with Crippen molar-refractivity contribution in [3.63, 3.8) is 0 Å². The first-order valence-corrected chi connectivity index (χ1v) is 10.7. The number of anilines is 2. The molecule has 0 saturated carbocycles. The normalized spacial score (nSPS) is 14.3. The first kappa shape index (κ1) is 20.3. The van der Waals surface area contributed by atoms with Crippen LogP contribution in [-0.2, 0) is 13.6 Å². The predicted octanol–water partition coefficient (Wildman–Crippen LogP) is 4.24. The van der Waals surface area contributed by atoms with Gasteiger partial charge in [0.15, 0.2) is 0 Å². The summed E-state index contributed by atoms with van der Waals surface area (Å²) in [6.45, 7) is 2.62. The van der Waals surface area contributed by atoms with Crippen LogP contribution in [0.2, 0.25) is 0 Å². The molecule has 0 fully saturated rings. The van der Waals surface area contributed by atoms with Crippen LogP contribution in [0.25, 0.3) is 22.0 Å². The topological polar surface area (TPSA) is 55.7 Å². The van der Waals surface area contributed by atoms with Crippen molar-refractivity contribution in [2.45, 2.75) is 6.54 Å². The summed E-state index contributed by atoms with van der Waals surface area (Å²) in [5, 5.41) is 5.39. The van der Waals surface area contributed by atoms with Crippen LogP contribution in [-0.4, -0.2) is 54.0 Å². The quantitative estimate of drug-likeness (QED) is 0.484. The smallest absolute Gasteiger partial charge is 0.129 e. The summed E-state index contributed by atoms with van der Waals surface area (Å²) in [6, 6.07) is 12.7. The van der Waals surface area contributed by atoms with Crippen molar-refractivity contribution < 1.29 is 9.47 Å². The highest BCUT2D eigenvalue weighted by molar-refractivity contribution is 5.88. The number of nitrogens with zero attached hydrogens (tertiary/aromatic N) is 5. The van der Waals surface area contributed by atoms with E-state index in [1.165, 1.54) is 0 Å². The monoisotopic (exact) mass is 429 g/mol. The zero-order valence-corrected chi connectivity index (χ0v) is 18.9. The molecule has 1 aliphatic rings. The van der Waals surface area contributed by atoms with E-state index in [1.807, 2.05) is 31.7 Å². The van der Waals surface area contributed by atoms with Crippen molar-refractivity contribution in [2.75, 3.05) is 39.3 Å². The molecule has 7 nitrogen and oxygen atoms in total. The maximum atomic E-state index is 5.73. The van der Waals surface area contributed by atoms with Gasteiger partial charge < -0.3 is 19.3 Å². The van der Waals surface area contributed by atoms with E-state index < -0.39 is 0 Å². The van der Waals surface area contributed by atoms with Crippen molar-refractivity contribution in [1.29, 1.82) is 0 Å². The van der Waals surface area contributed by atoms with Gasteiger partial charge in [-0.25, -0.2) is 0 Å². The Morgan fingerprint density at radius 3 is 2.53 bits per heavy atom. The molecule has 0 radical (unpaired) electrons. The fourth-order valence-corrected chi connectivity index (χ4v) is 4.33. The molecule has 2 aromatic carbocycles. The van der Waals surface area contributed by atoms with Crippen LogP contribution >= 0.6 is 0 Å². The lowest BCUT2D eigenvalue weighted by Gasteiger charge is -2.26. The third-order valence-electron chi connectivity index (χ3n) is 6.05. The average molecular weight is 430 g/mol. The summed E-state index contributed by atoms with van der Waals surface area (Å²) >= 11 is 0. The lowest BCUT2D eigenvalue weighted by molar-refractivity contribution is 0.332.